The number of thiophene rings is 1. The van der Waals surface area contributed by atoms with Crippen molar-refractivity contribution in [2.45, 2.75) is 13.5 Å². The monoisotopic (exact) mass is 373 g/mol. The molecule has 0 aliphatic heterocycles. The van der Waals surface area contributed by atoms with Crippen molar-refractivity contribution in [3.05, 3.63) is 79.4 Å². The van der Waals surface area contributed by atoms with Gasteiger partial charge in [-0.3, -0.25) is 9.59 Å². The number of hydrogen-bond acceptors (Lipinski definition) is 4. The van der Waals surface area contributed by atoms with Gasteiger partial charge in [0.15, 0.2) is 5.69 Å². The first kappa shape index (κ1) is 17.4. The lowest BCUT2D eigenvalue weighted by molar-refractivity contribution is 0.0777. The third kappa shape index (κ3) is 3.65. The Bertz CT molecular complexity index is 967. The van der Waals surface area contributed by atoms with Crippen molar-refractivity contribution in [3.63, 3.8) is 0 Å². The zero-order chi connectivity index (χ0) is 18.0. The summed E-state index contributed by atoms with van der Waals surface area (Å²) in [6.45, 7) is 2.18. The lowest BCUT2D eigenvalue weighted by Crippen LogP contribution is -2.33. The summed E-state index contributed by atoms with van der Waals surface area (Å²) in [4.78, 5) is 27.5. The zero-order valence-corrected chi connectivity index (χ0v) is 15.3. The highest BCUT2D eigenvalue weighted by Gasteiger charge is 2.20. The van der Waals surface area contributed by atoms with Crippen LogP contribution in [0.1, 0.15) is 21.1 Å². The van der Waals surface area contributed by atoms with E-state index in [4.69, 9.17) is 11.6 Å². The normalized spacial score (nSPS) is 10.7. The van der Waals surface area contributed by atoms with Crippen molar-refractivity contribution in [2.24, 2.45) is 0 Å². The first-order valence-corrected chi connectivity index (χ1v) is 8.87. The molecule has 0 unspecified atom stereocenters. The van der Waals surface area contributed by atoms with Crippen LogP contribution in [-0.2, 0) is 6.54 Å². The Kier molecular flexibility index (Phi) is 5.01. The molecule has 1 amide bonds. The van der Waals surface area contributed by atoms with Crippen LogP contribution in [0.4, 0.5) is 0 Å². The smallest absolute Gasteiger partial charge is 0.278 e. The summed E-state index contributed by atoms with van der Waals surface area (Å²) in [6.07, 6.45) is 0. The number of aryl methyl sites for hydroxylation is 1. The van der Waals surface area contributed by atoms with Crippen LogP contribution in [-0.4, -0.2) is 27.6 Å². The van der Waals surface area contributed by atoms with Gasteiger partial charge in [-0.15, -0.1) is 11.3 Å². The van der Waals surface area contributed by atoms with Crippen LogP contribution in [0.3, 0.4) is 0 Å². The first-order chi connectivity index (χ1) is 12.0. The molecule has 128 valence electrons. The predicted octanol–water partition coefficient (Wildman–Crippen LogP) is 3.53. The van der Waals surface area contributed by atoms with Gasteiger partial charge in [-0.05, 0) is 30.5 Å². The molecule has 0 fully saturated rings. The van der Waals surface area contributed by atoms with E-state index in [1.807, 2.05) is 29.6 Å². The van der Waals surface area contributed by atoms with Crippen molar-refractivity contribution < 1.29 is 4.79 Å². The fraction of sp³-hybridized carbons (Fsp3) is 0.167. The number of nitrogens with zero attached hydrogens (tertiary/aromatic N) is 3. The van der Waals surface area contributed by atoms with Gasteiger partial charge in [0.1, 0.15) is 0 Å². The molecule has 3 rings (SSSR count). The molecular formula is C18H16ClN3O2S. The van der Waals surface area contributed by atoms with E-state index in [-0.39, 0.29) is 5.69 Å². The van der Waals surface area contributed by atoms with Crippen molar-refractivity contribution in [3.8, 4) is 5.69 Å². The SMILES string of the molecule is Cc1cc(=O)c(C(=O)N(C)Cc2cccs2)nn1-c1ccccc1Cl. The Morgan fingerprint density at radius 1 is 1.28 bits per heavy atom. The molecule has 0 spiro atoms. The van der Waals surface area contributed by atoms with Crippen molar-refractivity contribution in [1.82, 2.24) is 14.7 Å². The maximum Gasteiger partial charge on any atom is 0.278 e. The lowest BCUT2D eigenvalue weighted by atomic mass is 10.2. The number of amides is 1. The van der Waals surface area contributed by atoms with Crippen LogP contribution in [0.2, 0.25) is 5.02 Å². The highest BCUT2D eigenvalue weighted by molar-refractivity contribution is 7.09. The maximum absolute atomic E-state index is 12.7. The molecule has 0 saturated carbocycles. The first-order valence-electron chi connectivity index (χ1n) is 7.61. The maximum atomic E-state index is 12.7. The number of hydrogen-bond donors (Lipinski definition) is 0. The van der Waals surface area contributed by atoms with Gasteiger partial charge >= 0.3 is 0 Å². The van der Waals surface area contributed by atoms with Gasteiger partial charge in [0.2, 0.25) is 5.43 Å². The summed E-state index contributed by atoms with van der Waals surface area (Å²) < 4.78 is 1.52. The molecule has 0 radical (unpaired) electrons. The quantitative estimate of drug-likeness (QED) is 0.703. The third-order valence-electron chi connectivity index (χ3n) is 3.71. The molecule has 3 aromatic rings. The van der Waals surface area contributed by atoms with E-state index in [0.29, 0.717) is 22.9 Å². The van der Waals surface area contributed by atoms with Crippen molar-refractivity contribution in [2.75, 3.05) is 7.05 Å². The van der Waals surface area contributed by atoms with E-state index in [9.17, 15) is 9.59 Å². The fourth-order valence-electron chi connectivity index (χ4n) is 2.45. The average Bonchev–Trinajstić information content (AvgIpc) is 3.08. The van der Waals surface area contributed by atoms with Gasteiger partial charge in [-0.2, -0.15) is 5.10 Å². The van der Waals surface area contributed by atoms with Gasteiger partial charge in [0, 0.05) is 23.7 Å². The third-order valence-corrected chi connectivity index (χ3v) is 4.89. The molecule has 0 bridgehead atoms. The van der Waals surface area contributed by atoms with Crippen LogP contribution >= 0.6 is 22.9 Å². The lowest BCUT2D eigenvalue weighted by Gasteiger charge is -2.17. The molecule has 0 aliphatic carbocycles. The van der Waals surface area contributed by atoms with E-state index >= 15 is 0 Å². The van der Waals surface area contributed by atoms with E-state index in [0.717, 1.165) is 4.88 Å². The standard InChI is InChI=1S/C18H16ClN3O2S/c1-12-10-16(23)17(18(24)21(2)11-13-6-5-9-25-13)20-22(12)15-8-4-3-7-14(15)19/h3-10H,11H2,1-2H3. The molecule has 7 heteroatoms. The van der Waals surface area contributed by atoms with E-state index < -0.39 is 11.3 Å². The van der Waals surface area contributed by atoms with Gasteiger partial charge in [-0.25, -0.2) is 4.68 Å². The zero-order valence-electron chi connectivity index (χ0n) is 13.8. The number of carbonyl (C=O) groups excluding carboxylic acids is 1. The Morgan fingerprint density at radius 2 is 2.04 bits per heavy atom. The van der Waals surface area contributed by atoms with Crippen LogP contribution < -0.4 is 5.43 Å². The molecule has 0 saturated heterocycles. The van der Waals surface area contributed by atoms with E-state index in [1.54, 1.807) is 37.4 Å². The van der Waals surface area contributed by atoms with Crippen molar-refractivity contribution >= 4 is 28.8 Å². The predicted molar refractivity (Wildman–Crippen MR) is 99.7 cm³/mol. The highest BCUT2D eigenvalue weighted by atomic mass is 35.5. The number of rotatable bonds is 4. The van der Waals surface area contributed by atoms with Gasteiger partial charge in [0.25, 0.3) is 5.91 Å². The van der Waals surface area contributed by atoms with Gasteiger partial charge in [-0.1, -0.05) is 29.8 Å². The molecule has 2 heterocycles. The summed E-state index contributed by atoms with van der Waals surface area (Å²) in [6, 6.07) is 12.4. The minimum atomic E-state index is -0.417. The Balaban J connectivity index is 1.99. The summed E-state index contributed by atoms with van der Waals surface area (Å²) in [5.41, 5.74) is 0.709. The van der Waals surface area contributed by atoms with Crippen LogP contribution in [0.25, 0.3) is 5.69 Å². The largest absolute Gasteiger partial charge is 0.335 e. The Labute approximate surface area is 154 Å². The summed E-state index contributed by atoms with van der Waals surface area (Å²) in [7, 11) is 1.66. The second kappa shape index (κ2) is 7.21. The molecule has 0 atom stereocenters. The van der Waals surface area contributed by atoms with Gasteiger partial charge in [0.05, 0.1) is 17.3 Å². The Morgan fingerprint density at radius 3 is 2.72 bits per heavy atom. The molecular weight excluding hydrogens is 358 g/mol. The van der Waals surface area contributed by atoms with E-state index in [2.05, 4.69) is 5.10 Å². The molecule has 25 heavy (non-hydrogen) atoms. The molecule has 1 aromatic carbocycles. The number of halogens is 1. The van der Waals surface area contributed by atoms with Crippen LogP contribution in [0, 0.1) is 6.92 Å². The van der Waals surface area contributed by atoms with E-state index in [1.165, 1.54) is 15.6 Å². The molecule has 0 aliphatic rings. The van der Waals surface area contributed by atoms with Crippen molar-refractivity contribution in [1.29, 1.82) is 0 Å². The van der Waals surface area contributed by atoms with Gasteiger partial charge < -0.3 is 4.90 Å². The highest BCUT2D eigenvalue weighted by Crippen LogP contribution is 2.20. The Hall–Kier alpha value is -2.44. The molecule has 0 N–H and O–H groups in total. The minimum Gasteiger partial charge on any atom is -0.335 e. The van der Waals surface area contributed by atoms with Crippen LogP contribution in [0.15, 0.2) is 52.6 Å². The van der Waals surface area contributed by atoms with Crippen LogP contribution in [0.5, 0.6) is 0 Å². The second-order valence-electron chi connectivity index (χ2n) is 5.60. The summed E-state index contributed by atoms with van der Waals surface area (Å²) in [5.74, 6) is -0.417. The number of benzene rings is 1. The molecule has 2 aromatic heterocycles. The number of aromatic nitrogens is 2. The molecule has 5 nitrogen and oxygen atoms in total. The average molecular weight is 374 g/mol. The number of carbonyl (C=O) groups is 1. The topological polar surface area (TPSA) is 55.2 Å². The fourth-order valence-corrected chi connectivity index (χ4v) is 3.42. The summed E-state index contributed by atoms with van der Waals surface area (Å²) in [5, 5.41) is 6.72. The second-order valence-corrected chi connectivity index (χ2v) is 7.04. The minimum absolute atomic E-state index is 0.121. The number of para-hydroxylation sites is 1. The summed E-state index contributed by atoms with van der Waals surface area (Å²) >= 11 is 7.78.